The van der Waals surface area contributed by atoms with E-state index in [0.29, 0.717) is 30.8 Å². The third kappa shape index (κ3) is 3.06. The SMILES string of the molecule is O=C(C1[C@@H]2CCCC[C@@H]12)N1CCC([C@@H]2C[C@H](C(F)(F)F)n3ncnc3N2)CC1. The van der Waals surface area contributed by atoms with Gasteiger partial charge < -0.3 is 10.2 Å². The molecule has 0 aromatic carbocycles. The van der Waals surface area contributed by atoms with Crippen LogP contribution in [0, 0.1) is 23.7 Å². The summed E-state index contributed by atoms with van der Waals surface area (Å²) < 4.78 is 41.4. The molecule has 154 valence electrons. The van der Waals surface area contributed by atoms with Crippen LogP contribution in [0.3, 0.4) is 0 Å². The fourth-order valence-electron chi connectivity index (χ4n) is 5.82. The predicted octanol–water partition coefficient (Wildman–Crippen LogP) is 3.24. The molecule has 1 aromatic heterocycles. The highest BCUT2D eigenvalue weighted by Gasteiger charge is 2.56. The molecule has 1 aromatic rings. The van der Waals surface area contributed by atoms with Gasteiger partial charge in [0.15, 0.2) is 6.04 Å². The molecule has 4 aliphatic rings. The molecule has 28 heavy (non-hydrogen) atoms. The zero-order chi connectivity index (χ0) is 19.5. The maximum Gasteiger partial charge on any atom is 0.411 e. The van der Waals surface area contributed by atoms with Crippen molar-refractivity contribution >= 4 is 11.9 Å². The summed E-state index contributed by atoms with van der Waals surface area (Å²) in [7, 11) is 0. The summed E-state index contributed by atoms with van der Waals surface area (Å²) in [6.07, 6.45) is 3.12. The number of halogens is 3. The van der Waals surface area contributed by atoms with Crippen LogP contribution in [0.25, 0.3) is 0 Å². The van der Waals surface area contributed by atoms with E-state index in [9.17, 15) is 18.0 Å². The molecule has 0 bridgehead atoms. The maximum atomic E-state index is 13.5. The zero-order valence-electron chi connectivity index (χ0n) is 15.7. The van der Waals surface area contributed by atoms with E-state index >= 15 is 0 Å². The summed E-state index contributed by atoms with van der Waals surface area (Å²) in [5.74, 6) is 2.01. The molecule has 3 heterocycles. The summed E-state index contributed by atoms with van der Waals surface area (Å²) >= 11 is 0. The normalized spacial score (nSPS) is 35.7. The molecular formula is C19H26F3N5O. The van der Waals surface area contributed by atoms with E-state index in [1.54, 1.807) is 0 Å². The van der Waals surface area contributed by atoms with Crippen molar-refractivity contribution in [2.45, 2.75) is 63.2 Å². The molecule has 1 amide bonds. The molecule has 2 aliphatic heterocycles. The Morgan fingerprint density at radius 2 is 1.79 bits per heavy atom. The Labute approximate surface area is 161 Å². The molecule has 0 radical (unpaired) electrons. The van der Waals surface area contributed by atoms with E-state index in [1.807, 2.05) is 4.90 Å². The first-order valence-electron chi connectivity index (χ1n) is 10.4. The van der Waals surface area contributed by atoms with Crippen LogP contribution in [-0.4, -0.2) is 50.9 Å². The fourth-order valence-corrected chi connectivity index (χ4v) is 5.82. The minimum Gasteiger partial charge on any atom is -0.351 e. The molecule has 2 aliphatic carbocycles. The van der Waals surface area contributed by atoms with Gasteiger partial charge in [0.25, 0.3) is 0 Å². The summed E-state index contributed by atoms with van der Waals surface area (Å²) in [5, 5.41) is 6.91. The highest BCUT2D eigenvalue weighted by atomic mass is 19.4. The van der Waals surface area contributed by atoms with Gasteiger partial charge in [-0.25, -0.2) is 4.68 Å². The van der Waals surface area contributed by atoms with E-state index in [4.69, 9.17) is 0 Å². The smallest absolute Gasteiger partial charge is 0.351 e. The molecule has 4 atom stereocenters. The average molecular weight is 397 g/mol. The number of carbonyl (C=O) groups is 1. The van der Waals surface area contributed by atoms with E-state index in [-0.39, 0.29) is 30.2 Å². The van der Waals surface area contributed by atoms with Crippen molar-refractivity contribution in [2.24, 2.45) is 23.7 Å². The minimum atomic E-state index is -4.35. The van der Waals surface area contributed by atoms with E-state index in [2.05, 4.69) is 15.4 Å². The molecule has 0 unspecified atom stereocenters. The second-order valence-electron chi connectivity index (χ2n) is 8.87. The number of hydrogen-bond donors (Lipinski definition) is 1. The number of piperidine rings is 1. The van der Waals surface area contributed by atoms with Crippen LogP contribution in [0.1, 0.15) is 51.0 Å². The lowest BCUT2D eigenvalue weighted by atomic mass is 9.85. The van der Waals surface area contributed by atoms with Gasteiger partial charge in [0.05, 0.1) is 0 Å². The van der Waals surface area contributed by atoms with Crippen LogP contribution < -0.4 is 5.32 Å². The number of nitrogens with one attached hydrogen (secondary N) is 1. The molecular weight excluding hydrogens is 371 g/mol. The first-order chi connectivity index (χ1) is 13.4. The van der Waals surface area contributed by atoms with Gasteiger partial charge in [-0.2, -0.15) is 23.3 Å². The number of hydrogen-bond acceptors (Lipinski definition) is 4. The average Bonchev–Trinajstić information content (AvgIpc) is 3.22. The van der Waals surface area contributed by atoms with Gasteiger partial charge in [-0.1, -0.05) is 12.8 Å². The van der Waals surface area contributed by atoms with Crippen molar-refractivity contribution in [3.05, 3.63) is 6.33 Å². The number of aromatic nitrogens is 3. The Balaban J connectivity index is 1.21. The van der Waals surface area contributed by atoms with Crippen LogP contribution in [0.15, 0.2) is 6.33 Å². The number of likely N-dealkylation sites (tertiary alicyclic amines) is 1. The summed E-state index contributed by atoms with van der Waals surface area (Å²) in [5.41, 5.74) is 0. The number of amides is 1. The van der Waals surface area contributed by atoms with Gasteiger partial charge in [-0.05, 0) is 49.9 Å². The molecule has 9 heteroatoms. The van der Waals surface area contributed by atoms with Crippen LogP contribution in [0.2, 0.25) is 0 Å². The Morgan fingerprint density at radius 3 is 2.43 bits per heavy atom. The lowest BCUT2D eigenvalue weighted by Gasteiger charge is -2.40. The van der Waals surface area contributed by atoms with Crippen molar-refractivity contribution in [1.29, 1.82) is 0 Å². The highest BCUT2D eigenvalue weighted by molar-refractivity contribution is 5.82. The van der Waals surface area contributed by atoms with E-state index < -0.39 is 12.2 Å². The fraction of sp³-hybridized carbons (Fsp3) is 0.842. The van der Waals surface area contributed by atoms with Crippen LogP contribution >= 0.6 is 0 Å². The number of alkyl halides is 3. The van der Waals surface area contributed by atoms with Gasteiger partial charge in [0.1, 0.15) is 6.33 Å². The van der Waals surface area contributed by atoms with Crippen molar-refractivity contribution in [3.8, 4) is 0 Å². The Bertz CT molecular complexity index is 730. The largest absolute Gasteiger partial charge is 0.411 e. The quantitative estimate of drug-likeness (QED) is 0.832. The molecule has 1 N–H and O–H groups in total. The summed E-state index contributed by atoms with van der Waals surface area (Å²) in [6, 6.07) is -1.92. The van der Waals surface area contributed by atoms with Crippen LogP contribution in [0.4, 0.5) is 19.1 Å². The molecule has 3 fully saturated rings. The second-order valence-corrected chi connectivity index (χ2v) is 8.87. The van der Waals surface area contributed by atoms with Gasteiger partial charge in [0, 0.05) is 25.0 Å². The molecule has 1 saturated heterocycles. The Hall–Kier alpha value is -1.80. The first kappa shape index (κ1) is 18.2. The highest BCUT2D eigenvalue weighted by Crippen LogP contribution is 2.56. The minimum absolute atomic E-state index is 0.0365. The van der Waals surface area contributed by atoms with Crippen LogP contribution in [-0.2, 0) is 4.79 Å². The third-order valence-corrected chi connectivity index (χ3v) is 7.40. The Morgan fingerprint density at radius 1 is 1.11 bits per heavy atom. The predicted molar refractivity (Wildman–Crippen MR) is 95.4 cm³/mol. The summed E-state index contributed by atoms with van der Waals surface area (Å²) in [4.78, 5) is 18.8. The van der Waals surface area contributed by atoms with E-state index in [0.717, 1.165) is 17.5 Å². The Kier molecular flexibility index (Phi) is 4.32. The summed E-state index contributed by atoms with van der Waals surface area (Å²) in [6.45, 7) is 1.31. The molecule has 0 spiro atoms. The molecule has 2 saturated carbocycles. The molecule has 6 nitrogen and oxygen atoms in total. The lowest BCUT2D eigenvalue weighted by molar-refractivity contribution is -0.174. The van der Waals surface area contributed by atoms with Gasteiger partial charge >= 0.3 is 6.18 Å². The first-order valence-corrected chi connectivity index (χ1v) is 10.4. The number of fused-ring (bicyclic) bond motifs is 2. The maximum absolute atomic E-state index is 13.5. The van der Waals surface area contributed by atoms with Gasteiger partial charge in [-0.3, -0.25) is 4.79 Å². The molecule has 5 rings (SSSR count). The van der Waals surface area contributed by atoms with Crippen LogP contribution in [0.5, 0.6) is 0 Å². The monoisotopic (exact) mass is 397 g/mol. The topological polar surface area (TPSA) is 63.1 Å². The van der Waals surface area contributed by atoms with Gasteiger partial charge in [-0.15, -0.1) is 0 Å². The standard InChI is InChI=1S/C19H26F3N5O/c20-19(21,22)15-9-14(25-18-23-10-24-27(15)18)11-5-7-26(8-6-11)17(28)16-12-3-1-2-4-13(12)16/h10-16H,1-9H2,(H,23,24,25)/t12-,13-,14+,15-/m1/s1. The van der Waals surface area contributed by atoms with E-state index in [1.165, 1.54) is 32.0 Å². The number of anilines is 1. The van der Waals surface area contributed by atoms with Crippen molar-refractivity contribution < 1.29 is 18.0 Å². The van der Waals surface area contributed by atoms with Crippen molar-refractivity contribution in [3.63, 3.8) is 0 Å². The van der Waals surface area contributed by atoms with Gasteiger partial charge in [0.2, 0.25) is 11.9 Å². The van der Waals surface area contributed by atoms with Crippen molar-refractivity contribution in [1.82, 2.24) is 19.7 Å². The number of nitrogens with zero attached hydrogens (tertiary/aromatic N) is 4. The number of rotatable bonds is 2. The third-order valence-electron chi connectivity index (χ3n) is 7.40. The lowest BCUT2D eigenvalue weighted by Crippen LogP contribution is -2.47. The van der Waals surface area contributed by atoms with Crippen molar-refractivity contribution in [2.75, 3.05) is 18.4 Å². The zero-order valence-corrected chi connectivity index (χ0v) is 15.7. The number of carbonyl (C=O) groups excluding carboxylic acids is 1. The second kappa shape index (κ2) is 6.62.